The number of benzene rings is 1. The first-order chi connectivity index (χ1) is 9.90. The number of nitrogens with zero attached hydrogens (tertiary/aromatic N) is 1. The van der Waals surface area contributed by atoms with Gasteiger partial charge in [-0.3, -0.25) is 4.98 Å². The molecule has 0 aliphatic heterocycles. The van der Waals surface area contributed by atoms with E-state index in [-0.39, 0.29) is 12.2 Å². The quantitative estimate of drug-likeness (QED) is 0.822. The maximum absolute atomic E-state index is 13.8. The molecule has 0 radical (unpaired) electrons. The average Bonchev–Trinajstić information content (AvgIpc) is 2.43. The summed E-state index contributed by atoms with van der Waals surface area (Å²) in [5.41, 5.74) is 7.27. The standard InChI is InChI=1S/C14H16FN3O2S/c1-10-7-12(15)14(8-13(10)16)21(19,20)18-6-4-11-3-2-5-17-9-11/h2-3,5,7-9,18H,4,6,16H2,1H3. The molecule has 0 bridgehead atoms. The fourth-order valence-electron chi connectivity index (χ4n) is 1.83. The Hall–Kier alpha value is -1.99. The highest BCUT2D eigenvalue weighted by atomic mass is 32.2. The molecule has 0 spiro atoms. The van der Waals surface area contributed by atoms with E-state index in [2.05, 4.69) is 9.71 Å². The summed E-state index contributed by atoms with van der Waals surface area (Å²) in [7, 11) is -3.93. The molecule has 1 heterocycles. The summed E-state index contributed by atoms with van der Waals surface area (Å²) in [4.78, 5) is 3.51. The van der Waals surface area contributed by atoms with E-state index in [4.69, 9.17) is 5.73 Å². The number of nitrogen functional groups attached to an aromatic ring is 1. The van der Waals surface area contributed by atoms with Crippen molar-refractivity contribution >= 4 is 15.7 Å². The molecule has 0 unspecified atom stereocenters. The van der Waals surface area contributed by atoms with E-state index < -0.39 is 20.7 Å². The molecule has 0 atom stereocenters. The number of pyridine rings is 1. The van der Waals surface area contributed by atoms with Crippen LogP contribution in [0.15, 0.2) is 41.6 Å². The third-order valence-electron chi connectivity index (χ3n) is 3.04. The first-order valence-electron chi connectivity index (χ1n) is 6.34. The smallest absolute Gasteiger partial charge is 0.243 e. The Balaban J connectivity index is 2.10. The minimum Gasteiger partial charge on any atom is -0.398 e. The van der Waals surface area contributed by atoms with Gasteiger partial charge in [0, 0.05) is 24.6 Å². The lowest BCUT2D eigenvalue weighted by Gasteiger charge is -2.10. The number of rotatable bonds is 5. The maximum Gasteiger partial charge on any atom is 0.243 e. The molecule has 5 nitrogen and oxygen atoms in total. The molecular weight excluding hydrogens is 293 g/mol. The fraction of sp³-hybridized carbons (Fsp3) is 0.214. The third kappa shape index (κ3) is 3.77. The van der Waals surface area contributed by atoms with E-state index in [0.717, 1.165) is 17.7 Å². The lowest BCUT2D eigenvalue weighted by molar-refractivity contribution is 0.557. The molecule has 0 aliphatic rings. The Kier molecular flexibility index (Phi) is 4.54. The van der Waals surface area contributed by atoms with Crippen molar-refractivity contribution in [2.75, 3.05) is 12.3 Å². The Bertz CT molecular complexity index is 733. The van der Waals surface area contributed by atoms with Gasteiger partial charge in [-0.1, -0.05) is 6.07 Å². The van der Waals surface area contributed by atoms with E-state index in [0.29, 0.717) is 12.0 Å². The number of aromatic nitrogens is 1. The molecule has 0 saturated carbocycles. The summed E-state index contributed by atoms with van der Waals surface area (Å²) in [6, 6.07) is 5.86. The summed E-state index contributed by atoms with van der Waals surface area (Å²) >= 11 is 0. The van der Waals surface area contributed by atoms with Crippen molar-refractivity contribution in [3.63, 3.8) is 0 Å². The van der Waals surface area contributed by atoms with Crippen LogP contribution in [-0.2, 0) is 16.4 Å². The third-order valence-corrected chi connectivity index (χ3v) is 4.51. The van der Waals surface area contributed by atoms with Crippen molar-refractivity contribution < 1.29 is 12.8 Å². The summed E-state index contributed by atoms with van der Waals surface area (Å²) < 4.78 is 40.3. The van der Waals surface area contributed by atoms with Gasteiger partial charge < -0.3 is 5.73 Å². The summed E-state index contributed by atoms with van der Waals surface area (Å²) in [5, 5.41) is 0. The molecule has 0 fully saturated rings. The molecule has 0 aliphatic carbocycles. The van der Waals surface area contributed by atoms with Crippen LogP contribution in [0.25, 0.3) is 0 Å². The van der Waals surface area contributed by atoms with Crippen LogP contribution in [0, 0.1) is 12.7 Å². The Labute approximate surface area is 123 Å². The Morgan fingerprint density at radius 3 is 2.81 bits per heavy atom. The molecule has 3 N–H and O–H groups in total. The number of anilines is 1. The van der Waals surface area contributed by atoms with Gasteiger partial charge in [-0.2, -0.15) is 0 Å². The van der Waals surface area contributed by atoms with Crippen LogP contribution in [-0.4, -0.2) is 19.9 Å². The molecule has 1 aromatic heterocycles. The van der Waals surface area contributed by atoms with Gasteiger partial charge in [0.2, 0.25) is 10.0 Å². The van der Waals surface area contributed by atoms with Gasteiger partial charge in [0.15, 0.2) is 0 Å². The van der Waals surface area contributed by atoms with Gasteiger partial charge in [-0.25, -0.2) is 17.5 Å². The van der Waals surface area contributed by atoms with E-state index in [1.54, 1.807) is 25.4 Å². The van der Waals surface area contributed by atoms with Crippen LogP contribution < -0.4 is 10.5 Å². The van der Waals surface area contributed by atoms with Gasteiger partial charge in [0.05, 0.1) is 0 Å². The van der Waals surface area contributed by atoms with Crippen LogP contribution >= 0.6 is 0 Å². The van der Waals surface area contributed by atoms with E-state index in [1.165, 1.54) is 0 Å². The normalized spacial score (nSPS) is 11.5. The molecule has 21 heavy (non-hydrogen) atoms. The highest BCUT2D eigenvalue weighted by Crippen LogP contribution is 2.21. The molecule has 0 amide bonds. The maximum atomic E-state index is 13.8. The van der Waals surface area contributed by atoms with Crippen molar-refractivity contribution in [1.29, 1.82) is 0 Å². The molecular formula is C14H16FN3O2S. The Morgan fingerprint density at radius 1 is 1.38 bits per heavy atom. The molecule has 112 valence electrons. The zero-order chi connectivity index (χ0) is 15.5. The average molecular weight is 309 g/mol. The number of aryl methyl sites for hydroxylation is 1. The van der Waals surface area contributed by atoms with Gasteiger partial charge in [-0.15, -0.1) is 0 Å². The van der Waals surface area contributed by atoms with Crippen LogP contribution in [0.1, 0.15) is 11.1 Å². The number of nitrogens with one attached hydrogen (secondary N) is 1. The van der Waals surface area contributed by atoms with Crippen molar-refractivity contribution in [1.82, 2.24) is 9.71 Å². The largest absolute Gasteiger partial charge is 0.398 e. The zero-order valence-corrected chi connectivity index (χ0v) is 12.3. The van der Waals surface area contributed by atoms with Crippen molar-refractivity contribution in [2.45, 2.75) is 18.2 Å². The second kappa shape index (κ2) is 6.19. The minimum absolute atomic E-state index is 0.154. The fourth-order valence-corrected chi connectivity index (χ4v) is 2.95. The van der Waals surface area contributed by atoms with Gasteiger partial charge in [0.25, 0.3) is 0 Å². The predicted molar refractivity (Wildman–Crippen MR) is 78.7 cm³/mol. The topological polar surface area (TPSA) is 85.1 Å². The Morgan fingerprint density at radius 2 is 2.14 bits per heavy atom. The molecule has 1 aromatic carbocycles. The number of nitrogens with two attached hydrogens (primary N) is 1. The molecule has 2 rings (SSSR count). The van der Waals surface area contributed by atoms with Crippen LogP contribution in [0.4, 0.5) is 10.1 Å². The van der Waals surface area contributed by atoms with E-state index in [1.807, 2.05) is 6.07 Å². The summed E-state index contributed by atoms with van der Waals surface area (Å²) in [6.45, 7) is 1.77. The van der Waals surface area contributed by atoms with E-state index >= 15 is 0 Å². The first kappa shape index (κ1) is 15.4. The second-order valence-electron chi connectivity index (χ2n) is 4.65. The number of halogens is 1. The highest BCUT2D eigenvalue weighted by molar-refractivity contribution is 7.89. The monoisotopic (exact) mass is 309 g/mol. The first-order valence-corrected chi connectivity index (χ1v) is 7.82. The van der Waals surface area contributed by atoms with Crippen LogP contribution in [0.2, 0.25) is 0 Å². The number of sulfonamides is 1. The number of hydrogen-bond donors (Lipinski definition) is 2. The second-order valence-corrected chi connectivity index (χ2v) is 6.38. The van der Waals surface area contributed by atoms with Crippen LogP contribution in [0.5, 0.6) is 0 Å². The summed E-state index contributed by atoms with van der Waals surface area (Å²) in [5.74, 6) is -0.810. The highest BCUT2D eigenvalue weighted by Gasteiger charge is 2.19. The molecule has 7 heteroatoms. The van der Waals surface area contributed by atoms with E-state index in [9.17, 15) is 12.8 Å². The van der Waals surface area contributed by atoms with Crippen molar-refractivity contribution in [3.05, 3.63) is 53.6 Å². The number of hydrogen-bond acceptors (Lipinski definition) is 4. The lowest BCUT2D eigenvalue weighted by atomic mass is 10.2. The summed E-state index contributed by atoms with van der Waals surface area (Å²) in [6.07, 6.45) is 3.76. The van der Waals surface area contributed by atoms with Crippen molar-refractivity contribution in [3.8, 4) is 0 Å². The van der Waals surface area contributed by atoms with Gasteiger partial charge >= 0.3 is 0 Å². The predicted octanol–water partition coefficient (Wildman–Crippen LogP) is 1.63. The lowest BCUT2D eigenvalue weighted by Crippen LogP contribution is -2.27. The van der Waals surface area contributed by atoms with Crippen molar-refractivity contribution in [2.24, 2.45) is 0 Å². The van der Waals surface area contributed by atoms with Gasteiger partial charge in [-0.05, 0) is 42.7 Å². The van der Waals surface area contributed by atoms with Crippen LogP contribution in [0.3, 0.4) is 0 Å². The van der Waals surface area contributed by atoms with Gasteiger partial charge in [0.1, 0.15) is 10.7 Å². The molecule has 0 saturated heterocycles. The zero-order valence-electron chi connectivity index (χ0n) is 11.5. The molecule has 2 aromatic rings. The minimum atomic E-state index is -3.93. The SMILES string of the molecule is Cc1cc(F)c(S(=O)(=O)NCCc2cccnc2)cc1N.